The first-order chi connectivity index (χ1) is 18.6. The van der Waals surface area contributed by atoms with Gasteiger partial charge in [0, 0.05) is 32.5 Å². The summed E-state index contributed by atoms with van der Waals surface area (Å²) >= 11 is 0. The SMILES string of the molecule is COc1cccnc1C(=O)N(C)NCC#Cc1nc2c(N[C@@H]3CCN(C)C[C@@H]3F)cccn2c1CC(F)(F)F. The number of nitrogens with one attached hydrogen (secondary N) is 2. The highest BCUT2D eigenvalue weighted by molar-refractivity contribution is 5.94. The van der Waals surface area contributed by atoms with Crippen LogP contribution in [0.25, 0.3) is 5.65 Å². The molecule has 0 aliphatic carbocycles. The van der Waals surface area contributed by atoms with Gasteiger partial charge in [-0.25, -0.2) is 19.8 Å². The number of likely N-dealkylation sites (tertiary alicyclic amines) is 1. The minimum atomic E-state index is -4.50. The van der Waals surface area contributed by atoms with E-state index in [0.717, 1.165) is 5.01 Å². The Labute approximate surface area is 223 Å². The maximum absolute atomic E-state index is 14.6. The molecule has 3 aromatic rings. The highest BCUT2D eigenvalue weighted by Crippen LogP contribution is 2.28. The zero-order chi connectivity index (χ0) is 28.2. The van der Waals surface area contributed by atoms with E-state index < -0.39 is 30.7 Å². The Morgan fingerprint density at radius 2 is 2.10 bits per heavy atom. The molecular weight excluding hydrogens is 518 g/mol. The third-order valence-electron chi connectivity index (χ3n) is 6.31. The molecule has 208 valence electrons. The number of alkyl halides is 4. The molecule has 1 aliphatic heterocycles. The van der Waals surface area contributed by atoms with E-state index >= 15 is 0 Å². The van der Waals surface area contributed by atoms with Gasteiger partial charge in [0.1, 0.15) is 17.6 Å². The zero-order valence-electron chi connectivity index (χ0n) is 21.7. The number of piperidine rings is 1. The Bertz CT molecular complexity index is 1380. The third kappa shape index (κ3) is 6.76. The Morgan fingerprint density at radius 1 is 1.31 bits per heavy atom. The molecule has 0 bridgehead atoms. The van der Waals surface area contributed by atoms with Crippen LogP contribution in [-0.2, 0) is 6.42 Å². The number of carbonyl (C=O) groups is 1. The number of pyridine rings is 2. The quantitative estimate of drug-likeness (QED) is 0.267. The number of carbonyl (C=O) groups excluding carboxylic acids is 1. The van der Waals surface area contributed by atoms with Crippen molar-refractivity contribution in [1.82, 2.24) is 29.7 Å². The normalized spacial score (nSPS) is 17.9. The lowest BCUT2D eigenvalue weighted by atomic mass is 10.0. The minimum Gasteiger partial charge on any atom is -0.494 e. The first-order valence-electron chi connectivity index (χ1n) is 12.2. The third-order valence-corrected chi connectivity index (χ3v) is 6.31. The molecule has 1 fully saturated rings. The molecule has 0 saturated carbocycles. The molecule has 13 heteroatoms. The molecule has 0 aromatic carbocycles. The number of halogens is 4. The second-order valence-electron chi connectivity index (χ2n) is 9.19. The molecule has 1 aliphatic rings. The van der Waals surface area contributed by atoms with E-state index in [0.29, 0.717) is 24.4 Å². The molecule has 9 nitrogen and oxygen atoms in total. The maximum Gasteiger partial charge on any atom is 0.394 e. The predicted octanol–water partition coefficient (Wildman–Crippen LogP) is 2.93. The molecule has 2 N–H and O–H groups in total. The van der Waals surface area contributed by atoms with Crippen LogP contribution in [0.3, 0.4) is 0 Å². The lowest BCUT2D eigenvalue weighted by molar-refractivity contribution is -0.128. The van der Waals surface area contributed by atoms with E-state index in [1.165, 1.54) is 31.0 Å². The predicted molar refractivity (Wildman–Crippen MR) is 137 cm³/mol. The first-order valence-corrected chi connectivity index (χ1v) is 12.2. The maximum atomic E-state index is 14.6. The van der Waals surface area contributed by atoms with Crippen LogP contribution in [0.2, 0.25) is 0 Å². The largest absolute Gasteiger partial charge is 0.494 e. The van der Waals surface area contributed by atoms with Crippen LogP contribution in [0.5, 0.6) is 5.75 Å². The number of fused-ring (bicyclic) bond motifs is 1. The molecule has 0 spiro atoms. The van der Waals surface area contributed by atoms with Crippen LogP contribution < -0.4 is 15.5 Å². The van der Waals surface area contributed by atoms with Gasteiger partial charge >= 0.3 is 6.18 Å². The van der Waals surface area contributed by atoms with E-state index in [1.54, 1.807) is 24.3 Å². The summed E-state index contributed by atoms with van der Waals surface area (Å²) in [5.41, 5.74) is 3.35. The van der Waals surface area contributed by atoms with Gasteiger partial charge in [0.2, 0.25) is 0 Å². The fourth-order valence-electron chi connectivity index (χ4n) is 4.34. The van der Waals surface area contributed by atoms with Gasteiger partial charge in [-0.15, -0.1) is 0 Å². The van der Waals surface area contributed by atoms with Crippen molar-refractivity contribution in [1.29, 1.82) is 0 Å². The highest BCUT2D eigenvalue weighted by Gasteiger charge is 2.32. The van der Waals surface area contributed by atoms with Crippen LogP contribution in [0, 0.1) is 11.8 Å². The summed E-state index contributed by atoms with van der Waals surface area (Å²) < 4.78 is 61.5. The van der Waals surface area contributed by atoms with E-state index in [1.807, 2.05) is 11.9 Å². The van der Waals surface area contributed by atoms with Crippen molar-refractivity contribution in [2.45, 2.75) is 31.2 Å². The van der Waals surface area contributed by atoms with Crippen molar-refractivity contribution in [3.63, 3.8) is 0 Å². The molecule has 2 atom stereocenters. The topological polar surface area (TPSA) is 87.0 Å². The second-order valence-corrected chi connectivity index (χ2v) is 9.19. The van der Waals surface area contributed by atoms with Crippen molar-refractivity contribution in [3.05, 3.63) is 53.7 Å². The van der Waals surface area contributed by atoms with E-state index in [-0.39, 0.29) is 35.8 Å². The summed E-state index contributed by atoms with van der Waals surface area (Å²) in [5.74, 6) is 5.25. The molecule has 4 rings (SSSR count). The molecule has 39 heavy (non-hydrogen) atoms. The van der Waals surface area contributed by atoms with Crippen LogP contribution in [-0.4, -0.2) is 89.4 Å². The molecule has 0 unspecified atom stereocenters. The second kappa shape index (κ2) is 11.9. The summed E-state index contributed by atoms with van der Waals surface area (Å²) in [6.07, 6.45) is -3.40. The zero-order valence-corrected chi connectivity index (χ0v) is 21.7. The summed E-state index contributed by atoms with van der Waals surface area (Å²) in [6.45, 7) is 0.909. The number of amides is 1. The number of aromatic nitrogens is 3. The summed E-state index contributed by atoms with van der Waals surface area (Å²) in [5, 5.41) is 4.29. The summed E-state index contributed by atoms with van der Waals surface area (Å²) in [4.78, 5) is 23.0. The number of hydrazine groups is 1. The molecule has 1 saturated heterocycles. The van der Waals surface area contributed by atoms with Crippen LogP contribution in [0.1, 0.15) is 28.3 Å². The Hall–Kier alpha value is -3.89. The van der Waals surface area contributed by atoms with Gasteiger partial charge in [-0.05, 0) is 43.7 Å². The van der Waals surface area contributed by atoms with Crippen molar-refractivity contribution in [3.8, 4) is 17.6 Å². The lowest BCUT2D eigenvalue weighted by Crippen LogP contribution is -2.46. The Balaban J connectivity index is 1.55. The highest BCUT2D eigenvalue weighted by atomic mass is 19.4. The smallest absolute Gasteiger partial charge is 0.394 e. The van der Waals surface area contributed by atoms with Gasteiger partial charge in [-0.3, -0.25) is 9.80 Å². The van der Waals surface area contributed by atoms with Crippen molar-refractivity contribution < 1.29 is 27.1 Å². The number of rotatable bonds is 7. The lowest BCUT2D eigenvalue weighted by Gasteiger charge is -2.33. The number of nitrogens with zero attached hydrogens (tertiary/aromatic N) is 5. The first kappa shape index (κ1) is 28.1. The minimum absolute atomic E-state index is 0.0519. The monoisotopic (exact) mass is 547 g/mol. The van der Waals surface area contributed by atoms with Crippen molar-refractivity contribution in [2.24, 2.45) is 0 Å². The molecule has 3 aromatic heterocycles. The van der Waals surface area contributed by atoms with E-state index in [2.05, 4.69) is 32.6 Å². The van der Waals surface area contributed by atoms with Crippen LogP contribution in [0.4, 0.5) is 23.2 Å². The Kier molecular flexibility index (Phi) is 8.57. The van der Waals surface area contributed by atoms with Crippen LogP contribution in [0.15, 0.2) is 36.7 Å². The van der Waals surface area contributed by atoms with Gasteiger partial charge in [0.05, 0.1) is 37.5 Å². The number of ether oxygens (including phenoxy) is 1. The standard InChI is InChI=1S/C26H29F4N7O2/c1-35-14-10-18(17(27)16-35)33-20-8-6-13-37-21(15-26(28,29)30)19(34-24(20)37)7-4-12-32-36(2)25(38)23-22(39-3)9-5-11-31-23/h5-6,8-9,11,13,17-18,32-33H,10,12,14-16H2,1-3H3/t17-,18+/m0/s1. The van der Waals surface area contributed by atoms with Gasteiger partial charge in [0.15, 0.2) is 11.3 Å². The Morgan fingerprint density at radius 3 is 2.82 bits per heavy atom. The average Bonchev–Trinajstić information content (AvgIpc) is 3.24. The number of anilines is 1. The molecule has 4 heterocycles. The van der Waals surface area contributed by atoms with Crippen molar-refractivity contribution >= 4 is 17.2 Å². The van der Waals surface area contributed by atoms with Crippen LogP contribution >= 0.6 is 0 Å². The summed E-state index contributed by atoms with van der Waals surface area (Å²) in [6, 6.07) is 6.00. The number of imidazole rings is 1. The number of hydrogen-bond donors (Lipinski definition) is 2. The average molecular weight is 548 g/mol. The van der Waals surface area contributed by atoms with E-state index in [4.69, 9.17) is 4.74 Å². The van der Waals surface area contributed by atoms with E-state index in [9.17, 15) is 22.4 Å². The number of hydrogen-bond acceptors (Lipinski definition) is 7. The summed E-state index contributed by atoms with van der Waals surface area (Å²) in [7, 11) is 4.73. The van der Waals surface area contributed by atoms with Gasteiger partial charge in [-0.1, -0.05) is 5.92 Å². The molecule has 0 radical (unpaired) electrons. The van der Waals surface area contributed by atoms with Crippen molar-refractivity contribution in [2.75, 3.05) is 46.2 Å². The number of methoxy groups -OCH3 is 1. The van der Waals surface area contributed by atoms with Gasteiger partial charge in [0.25, 0.3) is 5.91 Å². The van der Waals surface area contributed by atoms with Gasteiger partial charge in [-0.2, -0.15) is 13.2 Å². The fraction of sp³-hybridized carbons (Fsp3) is 0.423. The fourth-order valence-corrected chi connectivity index (χ4v) is 4.34. The molecular formula is C26H29F4N7O2. The molecule has 1 amide bonds. The van der Waals surface area contributed by atoms with Gasteiger partial charge < -0.3 is 19.4 Å².